The lowest BCUT2D eigenvalue weighted by Crippen LogP contribution is -2.31. The molecule has 0 saturated heterocycles. The molecule has 3 rings (SSSR count). The van der Waals surface area contributed by atoms with E-state index in [0.717, 1.165) is 0 Å². The van der Waals surface area contributed by atoms with Gasteiger partial charge in [0.15, 0.2) is 0 Å². The van der Waals surface area contributed by atoms with E-state index in [1.807, 2.05) is 0 Å². The van der Waals surface area contributed by atoms with E-state index in [1.165, 1.54) is 59.9 Å². The second-order valence-corrected chi connectivity index (χ2v) is 9.18. The van der Waals surface area contributed by atoms with Crippen LogP contribution >= 0.6 is 11.3 Å². The van der Waals surface area contributed by atoms with Crippen molar-refractivity contribution in [3.8, 4) is 0 Å². The maximum Gasteiger partial charge on any atom is 0.265 e. The lowest BCUT2D eigenvalue weighted by atomic mass is 10.0. The first kappa shape index (κ1) is 21.7. The molecule has 0 atom stereocenters. The van der Waals surface area contributed by atoms with Crippen LogP contribution in [0.4, 0.5) is 10.1 Å². The van der Waals surface area contributed by atoms with Crippen molar-refractivity contribution in [3.05, 3.63) is 81.8 Å². The Labute approximate surface area is 177 Å². The Morgan fingerprint density at radius 2 is 1.73 bits per heavy atom. The van der Waals surface area contributed by atoms with Crippen molar-refractivity contribution in [2.24, 2.45) is 0 Å². The number of halogens is 1. The third kappa shape index (κ3) is 4.58. The van der Waals surface area contributed by atoms with E-state index in [2.05, 4.69) is 10.0 Å². The topological polar surface area (TPSA) is 92.3 Å². The summed E-state index contributed by atoms with van der Waals surface area (Å²) in [4.78, 5) is 24.7. The molecule has 0 bridgehead atoms. The fourth-order valence-electron chi connectivity index (χ4n) is 2.95. The van der Waals surface area contributed by atoms with Crippen LogP contribution in [0.25, 0.3) is 0 Å². The number of nitrogens with one attached hydrogen (secondary N) is 2. The number of anilines is 1. The van der Waals surface area contributed by atoms with Crippen molar-refractivity contribution < 1.29 is 22.4 Å². The van der Waals surface area contributed by atoms with Gasteiger partial charge in [-0.15, -0.1) is 0 Å². The van der Waals surface area contributed by atoms with Crippen LogP contribution in [-0.4, -0.2) is 20.2 Å². The molecule has 0 aliphatic rings. The van der Waals surface area contributed by atoms with Crippen LogP contribution in [0.15, 0.2) is 64.2 Å². The summed E-state index contributed by atoms with van der Waals surface area (Å²) in [6.45, 7) is 3.52. The lowest BCUT2D eigenvalue weighted by Gasteiger charge is -2.19. The van der Waals surface area contributed by atoms with Crippen molar-refractivity contribution in [3.63, 3.8) is 0 Å². The summed E-state index contributed by atoms with van der Waals surface area (Å²) in [5.41, 5.74) is 0.613. The fraction of sp³-hybridized carbons (Fsp3) is 0.143. The molecule has 2 aromatic carbocycles. The third-order valence-corrected chi connectivity index (χ3v) is 6.38. The standard InChI is InChI=1S/C21H19FN2O4S2/c1-13(2)19-17(23-21(26)15-6-3-4-7-16(15)22)8-5-9-18(19)30(27,28)24-20(25)14-10-11-29-12-14/h3-13H,1-2H3,(H,23,26)(H,24,25). The normalized spacial score (nSPS) is 11.3. The van der Waals surface area contributed by atoms with Crippen LogP contribution in [0, 0.1) is 5.82 Å². The number of sulfonamides is 1. The van der Waals surface area contributed by atoms with E-state index in [1.54, 1.807) is 24.6 Å². The SMILES string of the molecule is CC(C)c1c(NC(=O)c2ccccc2F)cccc1S(=O)(=O)NC(=O)c1ccsc1. The highest BCUT2D eigenvalue weighted by atomic mass is 32.2. The summed E-state index contributed by atoms with van der Waals surface area (Å²) < 4.78 is 41.9. The number of rotatable bonds is 6. The number of hydrogen-bond acceptors (Lipinski definition) is 5. The molecule has 9 heteroatoms. The number of amides is 2. The molecule has 0 aliphatic carbocycles. The van der Waals surface area contributed by atoms with Crippen LogP contribution in [0.2, 0.25) is 0 Å². The molecule has 0 aliphatic heterocycles. The minimum Gasteiger partial charge on any atom is -0.322 e. The molecule has 1 aromatic heterocycles. The lowest BCUT2D eigenvalue weighted by molar-refractivity contribution is 0.0979. The Bertz CT molecular complexity index is 1190. The first-order valence-electron chi connectivity index (χ1n) is 8.99. The van der Waals surface area contributed by atoms with Crippen LogP contribution in [0.5, 0.6) is 0 Å². The van der Waals surface area contributed by atoms with Gasteiger partial charge in [-0.1, -0.05) is 32.0 Å². The van der Waals surface area contributed by atoms with Gasteiger partial charge in [0.25, 0.3) is 21.8 Å². The van der Waals surface area contributed by atoms with Gasteiger partial charge in [-0.2, -0.15) is 11.3 Å². The zero-order valence-electron chi connectivity index (χ0n) is 16.2. The first-order chi connectivity index (χ1) is 14.2. The summed E-state index contributed by atoms with van der Waals surface area (Å²) in [6.07, 6.45) is 0. The van der Waals surface area contributed by atoms with Gasteiger partial charge in [-0.25, -0.2) is 17.5 Å². The number of benzene rings is 2. The Morgan fingerprint density at radius 3 is 2.37 bits per heavy atom. The largest absolute Gasteiger partial charge is 0.322 e. The minimum absolute atomic E-state index is 0.132. The average Bonchev–Trinajstić information content (AvgIpc) is 3.22. The molecule has 2 N–H and O–H groups in total. The molecule has 0 saturated carbocycles. The van der Waals surface area contributed by atoms with Crippen molar-refractivity contribution >= 4 is 38.9 Å². The highest BCUT2D eigenvalue weighted by Crippen LogP contribution is 2.31. The van der Waals surface area contributed by atoms with Crippen LogP contribution in [0.1, 0.15) is 46.0 Å². The van der Waals surface area contributed by atoms with E-state index < -0.39 is 27.7 Å². The number of carbonyl (C=O) groups excluding carboxylic acids is 2. The van der Waals surface area contributed by atoms with Crippen molar-refractivity contribution in [1.29, 1.82) is 0 Å². The second kappa shape index (κ2) is 8.76. The predicted molar refractivity (Wildman–Crippen MR) is 114 cm³/mol. The number of thiophene rings is 1. The van der Waals surface area contributed by atoms with Crippen molar-refractivity contribution in [1.82, 2.24) is 4.72 Å². The maximum absolute atomic E-state index is 13.9. The zero-order valence-corrected chi connectivity index (χ0v) is 17.8. The molecule has 1 heterocycles. The Balaban J connectivity index is 1.97. The maximum atomic E-state index is 13.9. The van der Waals surface area contributed by atoms with Gasteiger partial charge in [0.2, 0.25) is 0 Å². The zero-order chi connectivity index (χ0) is 21.9. The van der Waals surface area contributed by atoms with Crippen molar-refractivity contribution in [2.45, 2.75) is 24.7 Å². The average molecular weight is 447 g/mol. The number of carbonyl (C=O) groups is 2. The first-order valence-corrected chi connectivity index (χ1v) is 11.4. The summed E-state index contributed by atoms with van der Waals surface area (Å²) in [6, 6.07) is 11.4. The molecule has 0 fully saturated rings. The molecule has 0 spiro atoms. The van der Waals surface area contributed by atoms with E-state index in [0.29, 0.717) is 5.56 Å². The monoisotopic (exact) mass is 446 g/mol. The van der Waals surface area contributed by atoms with Crippen molar-refractivity contribution in [2.75, 3.05) is 5.32 Å². The molecule has 6 nitrogen and oxygen atoms in total. The fourth-order valence-corrected chi connectivity index (χ4v) is 4.95. The van der Waals surface area contributed by atoms with Gasteiger partial charge in [0, 0.05) is 11.1 Å². The summed E-state index contributed by atoms with van der Waals surface area (Å²) >= 11 is 1.27. The second-order valence-electron chi connectivity index (χ2n) is 6.75. The van der Waals surface area contributed by atoms with E-state index in [4.69, 9.17) is 0 Å². The Morgan fingerprint density at radius 1 is 1.00 bits per heavy atom. The van der Waals surface area contributed by atoms with Gasteiger partial charge in [0.1, 0.15) is 5.82 Å². The molecule has 2 amide bonds. The highest BCUT2D eigenvalue weighted by Gasteiger charge is 2.26. The predicted octanol–water partition coefficient (Wildman–Crippen LogP) is 4.38. The Hall–Kier alpha value is -3.04. The third-order valence-electron chi connectivity index (χ3n) is 4.31. The molecular formula is C21H19FN2O4S2. The van der Waals surface area contributed by atoms with Crippen LogP contribution in [-0.2, 0) is 10.0 Å². The molecular weight excluding hydrogens is 427 g/mol. The van der Waals surface area contributed by atoms with Gasteiger partial charge >= 0.3 is 0 Å². The molecule has 3 aromatic rings. The van der Waals surface area contributed by atoms with Crippen LogP contribution < -0.4 is 10.0 Å². The smallest absolute Gasteiger partial charge is 0.265 e. The van der Waals surface area contributed by atoms with Gasteiger partial charge in [-0.3, -0.25) is 9.59 Å². The molecule has 0 unspecified atom stereocenters. The van der Waals surface area contributed by atoms with E-state index >= 15 is 0 Å². The summed E-state index contributed by atoms with van der Waals surface area (Å²) in [7, 11) is -4.21. The quantitative estimate of drug-likeness (QED) is 0.588. The van der Waals surface area contributed by atoms with Gasteiger partial charge < -0.3 is 5.32 Å². The van der Waals surface area contributed by atoms with Gasteiger partial charge in [-0.05, 0) is 47.2 Å². The molecule has 30 heavy (non-hydrogen) atoms. The summed E-state index contributed by atoms with van der Waals surface area (Å²) in [5.74, 6) is -2.45. The molecule has 156 valence electrons. The molecule has 0 radical (unpaired) electrons. The van der Waals surface area contributed by atoms with E-state index in [9.17, 15) is 22.4 Å². The Kier molecular flexibility index (Phi) is 6.33. The van der Waals surface area contributed by atoms with Crippen LogP contribution in [0.3, 0.4) is 0 Å². The minimum atomic E-state index is -4.21. The van der Waals surface area contributed by atoms with E-state index in [-0.39, 0.29) is 27.6 Å². The number of hydrogen-bond donors (Lipinski definition) is 2. The summed E-state index contributed by atoms with van der Waals surface area (Å²) in [5, 5.41) is 5.80. The van der Waals surface area contributed by atoms with Gasteiger partial charge in [0.05, 0.1) is 16.0 Å². The highest BCUT2D eigenvalue weighted by molar-refractivity contribution is 7.90.